The van der Waals surface area contributed by atoms with Crippen molar-refractivity contribution in [2.75, 3.05) is 24.6 Å². The van der Waals surface area contributed by atoms with Gasteiger partial charge in [0.1, 0.15) is 28.6 Å². The van der Waals surface area contributed by atoms with Gasteiger partial charge in [-0.2, -0.15) is 4.98 Å². The van der Waals surface area contributed by atoms with Crippen LogP contribution in [0.2, 0.25) is 0 Å². The Morgan fingerprint density at radius 3 is 2.79 bits per heavy atom. The number of pyridine rings is 2. The zero-order valence-electron chi connectivity index (χ0n) is 24.0. The summed E-state index contributed by atoms with van der Waals surface area (Å²) < 4.78 is 25.2. The lowest BCUT2D eigenvalue weighted by atomic mass is 10.1. The van der Waals surface area contributed by atoms with Crippen molar-refractivity contribution in [2.45, 2.75) is 58.7 Å². The summed E-state index contributed by atoms with van der Waals surface area (Å²) in [6, 6.07) is 2.65. The number of piperazine rings is 1. The van der Waals surface area contributed by atoms with Crippen molar-refractivity contribution in [1.29, 1.82) is 0 Å². The monoisotopic (exact) mass is 573 g/mol. The first kappa shape index (κ1) is 27.5. The number of carbonyl (C=O) groups excluding carboxylic acids is 1. The van der Waals surface area contributed by atoms with E-state index in [1.165, 1.54) is 22.9 Å². The fraction of sp³-hybridized carbons (Fsp3) is 0.414. The van der Waals surface area contributed by atoms with Gasteiger partial charge in [-0.15, -0.1) is 5.10 Å². The topological polar surface area (TPSA) is 124 Å². The van der Waals surface area contributed by atoms with Gasteiger partial charge in [-0.1, -0.05) is 25.6 Å². The molecule has 42 heavy (non-hydrogen) atoms. The van der Waals surface area contributed by atoms with Gasteiger partial charge in [0, 0.05) is 50.4 Å². The van der Waals surface area contributed by atoms with E-state index in [-0.39, 0.29) is 35.2 Å². The normalized spacial score (nSPS) is 18.7. The van der Waals surface area contributed by atoms with E-state index >= 15 is 4.39 Å². The van der Waals surface area contributed by atoms with Crippen molar-refractivity contribution >= 4 is 22.8 Å². The quantitative estimate of drug-likeness (QED) is 0.340. The molecule has 0 spiro atoms. The minimum absolute atomic E-state index is 0.0265. The van der Waals surface area contributed by atoms with Crippen LogP contribution in [0.3, 0.4) is 0 Å². The number of hydrogen-bond acceptors (Lipinski definition) is 9. The molecule has 6 heterocycles. The number of ether oxygens (including phenoxy) is 1. The average Bonchev–Trinajstić information content (AvgIpc) is 3.43. The van der Waals surface area contributed by atoms with Crippen molar-refractivity contribution in [1.82, 2.24) is 39.4 Å². The van der Waals surface area contributed by atoms with Gasteiger partial charge < -0.3 is 14.5 Å². The molecule has 218 valence electrons. The van der Waals surface area contributed by atoms with Crippen LogP contribution in [0.1, 0.15) is 45.7 Å². The molecule has 6 rings (SSSR count). The highest BCUT2D eigenvalue weighted by Gasteiger charge is 2.34. The summed E-state index contributed by atoms with van der Waals surface area (Å²) >= 11 is 0. The van der Waals surface area contributed by atoms with E-state index in [4.69, 9.17) is 9.72 Å². The SMILES string of the molecule is C=CC(=O)N1C[C@H](C)N(c2nc(=O)n3c4nc(c(F)cc24)-c2cnnn2CCCOc2ccnc(C(C)C)c2-3)C[C@H]1C. The molecule has 0 unspecified atom stereocenters. The number of carbonyl (C=O) groups is 1. The lowest BCUT2D eigenvalue weighted by Gasteiger charge is -2.44. The number of fused-ring (bicyclic) bond motifs is 5. The second-order valence-electron chi connectivity index (χ2n) is 11.0. The summed E-state index contributed by atoms with van der Waals surface area (Å²) in [7, 11) is 0. The van der Waals surface area contributed by atoms with Crippen molar-refractivity contribution in [3.8, 4) is 22.8 Å². The Labute approximate surface area is 241 Å². The Balaban J connectivity index is 1.66. The van der Waals surface area contributed by atoms with Gasteiger partial charge in [0.25, 0.3) is 0 Å². The molecular weight excluding hydrogens is 541 g/mol. The Kier molecular flexibility index (Phi) is 6.95. The third-order valence-corrected chi connectivity index (χ3v) is 7.84. The van der Waals surface area contributed by atoms with E-state index in [2.05, 4.69) is 26.9 Å². The molecule has 0 saturated carbocycles. The predicted molar refractivity (Wildman–Crippen MR) is 154 cm³/mol. The van der Waals surface area contributed by atoms with E-state index in [0.29, 0.717) is 66.7 Å². The summed E-state index contributed by atoms with van der Waals surface area (Å²) in [4.78, 5) is 44.1. The minimum atomic E-state index is -0.601. The number of anilines is 1. The highest BCUT2D eigenvalue weighted by molar-refractivity contribution is 5.91. The maximum atomic E-state index is 16.0. The zero-order chi connectivity index (χ0) is 29.7. The summed E-state index contributed by atoms with van der Waals surface area (Å²) in [5, 5.41) is 8.47. The molecule has 1 fully saturated rings. The van der Waals surface area contributed by atoms with Crippen LogP contribution < -0.4 is 15.3 Å². The molecule has 2 bridgehead atoms. The Morgan fingerprint density at radius 1 is 1.21 bits per heavy atom. The molecule has 2 aliphatic rings. The van der Waals surface area contributed by atoms with Crippen LogP contribution >= 0.6 is 0 Å². The number of aryl methyl sites for hydroxylation is 1. The van der Waals surface area contributed by atoms with Crippen LogP contribution in [-0.2, 0) is 11.3 Å². The van der Waals surface area contributed by atoms with Gasteiger partial charge in [0.05, 0.1) is 23.9 Å². The fourth-order valence-electron chi connectivity index (χ4n) is 5.77. The van der Waals surface area contributed by atoms with Crippen LogP contribution in [-0.4, -0.2) is 77.1 Å². The van der Waals surface area contributed by atoms with Crippen LogP contribution in [0.4, 0.5) is 10.2 Å². The molecule has 0 aliphatic carbocycles. The van der Waals surface area contributed by atoms with Crippen molar-refractivity contribution in [3.05, 3.63) is 59.2 Å². The second kappa shape index (κ2) is 10.6. The summed E-state index contributed by atoms with van der Waals surface area (Å²) in [6.07, 6.45) is 4.97. The van der Waals surface area contributed by atoms with Gasteiger partial charge >= 0.3 is 5.69 Å². The fourth-order valence-corrected chi connectivity index (χ4v) is 5.77. The lowest BCUT2D eigenvalue weighted by Crippen LogP contribution is -2.58. The Bertz CT molecular complexity index is 1770. The molecule has 4 aromatic heterocycles. The second-order valence-corrected chi connectivity index (χ2v) is 11.0. The van der Waals surface area contributed by atoms with Gasteiger partial charge in [-0.3, -0.25) is 9.78 Å². The van der Waals surface area contributed by atoms with Crippen molar-refractivity contribution in [2.24, 2.45) is 0 Å². The number of halogens is 1. The average molecular weight is 574 g/mol. The third-order valence-electron chi connectivity index (χ3n) is 7.84. The van der Waals surface area contributed by atoms with Crippen molar-refractivity contribution in [3.63, 3.8) is 0 Å². The maximum Gasteiger partial charge on any atom is 0.356 e. The smallest absolute Gasteiger partial charge is 0.356 e. The van der Waals surface area contributed by atoms with E-state index in [9.17, 15) is 9.59 Å². The molecule has 0 N–H and O–H groups in total. The van der Waals surface area contributed by atoms with Gasteiger partial charge in [-0.25, -0.2) is 23.4 Å². The Morgan fingerprint density at radius 2 is 2.02 bits per heavy atom. The third kappa shape index (κ3) is 4.48. The zero-order valence-corrected chi connectivity index (χ0v) is 24.0. The summed E-state index contributed by atoms with van der Waals surface area (Å²) in [6.45, 7) is 12.9. The largest absolute Gasteiger partial charge is 0.491 e. The summed E-state index contributed by atoms with van der Waals surface area (Å²) in [5.74, 6) is -0.0801. The van der Waals surface area contributed by atoms with E-state index in [0.717, 1.165) is 0 Å². The predicted octanol–water partition coefficient (Wildman–Crippen LogP) is 3.09. The van der Waals surface area contributed by atoms with Crippen LogP contribution in [0.15, 0.2) is 42.0 Å². The van der Waals surface area contributed by atoms with Crippen molar-refractivity contribution < 1.29 is 13.9 Å². The first-order chi connectivity index (χ1) is 20.2. The highest BCUT2D eigenvalue weighted by atomic mass is 19.1. The minimum Gasteiger partial charge on any atom is -0.491 e. The van der Waals surface area contributed by atoms with Gasteiger partial charge in [-0.05, 0) is 31.9 Å². The highest BCUT2D eigenvalue weighted by Crippen LogP contribution is 2.36. The number of hydrogen-bond donors (Lipinski definition) is 0. The van der Waals surface area contributed by atoms with Gasteiger partial charge in [0.2, 0.25) is 5.91 Å². The van der Waals surface area contributed by atoms with Crippen LogP contribution in [0.25, 0.3) is 28.1 Å². The van der Waals surface area contributed by atoms with Crippen LogP contribution in [0.5, 0.6) is 5.75 Å². The molecule has 1 saturated heterocycles. The maximum absolute atomic E-state index is 16.0. The number of amides is 1. The molecule has 1 amide bonds. The molecule has 0 radical (unpaired) electrons. The standard InChI is InChI=1S/C29H32FN9O3/c1-6-23(40)36-14-18(5)37(15-17(36)4)27-19-12-20(30)25-21-13-32-35-38(21)10-7-11-42-22-8-9-31-24(16(2)3)26(22)39(28(19)33-25)29(41)34-27/h6,8-9,12-13,16-18H,1,7,10-11,14-15H2,2-5H3/t17-,18+/m1/s1. The summed E-state index contributed by atoms with van der Waals surface area (Å²) in [5.41, 5.74) is 1.08. The Hall–Kier alpha value is -4.68. The van der Waals surface area contributed by atoms with Crippen LogP contribution in [0, 0.1) is 5.82 Å². The van der Waals surface area contributed by atoms with E-state index < -0.39 is 11.5 Å². The molecule has 2 atom stereocenters. The van der Waals surface area contributed by atoms with Gasteiger partial charge in [0.15, 0.2) is 11.5 Å². The van der Waals surface area contributed by atoms with E-state index in [1.54, 1.807) is 21.8 Å². The number of nitrogens with zero attached hydrogens (tertiary/aromatic N) is 9. The lowest BCUT2D eigenvalue weighted by molar-refractivity contribution is -0.128. The first-order valence-corrected chi connectivity index (χ1v) is 14.0. The molecule has 4 aromatic rings. The molecular formula is C29H32FN9O3. The molecule has 0 aromatic carbocycles. The molecule has 13 heteroatoms. The number of aromatic nitrogens is 7. The number of rotatable bonds is 3. The molecule has 2 aliphatic heterocycles. The molecule has 12 nitrogen and oxygen atoms in total. The first-order valence-electron chi connectivity index (χ1n) is 14.0. The van der Waals surface area contributed by atoms with E-state index in [1.807, 2.05) is 32.6 Å².